The molecule has 74 valence electrons. The first-order valence-electron chi connectivity index (χ1n) is 4.71. The average molecular weight is 192 g/mol. The van der Waals surface area contributed by atoms with Gasteiger partial charge in [-0.25, -0.2) is 0 Å². The first-order chi connectivity index (χ1) is 6.68. The van der Waals surface area contributed by atoms with E-state index >= 15 is 0 Å². The summed E-state index contributed by atoms with van der Waals surface area (Å²) >= 11 is 0. The topological polar surface area (TPSA) is 69.2 Å². The molecule has 1 aliphatic carbocycles. The molecule has 0 heterocycles. The van der Waals surface area contributed by atoms with E-state index < -0.39 is 0 Å². The van der Waals surface area contributed by atoms with E-state index in [9.17, 15) is 10.1 Å². The van der Waals surface area contributed by atoms with Crippen LogP contribution in [-0.2, 0) is 6.42 Å². The largest absolute Gasteiger partial charge is 0.324 e. The van der Waals surface area contributed by atoms with Crippen molar-refractivity contribution in [3.63, 3.8) is 0 Å². The molecular weight excluding hydrogens is 180 g/mol. The molecule has 14 heavy (non-hydrogen) atoms. The fourth-order valence-corrected chi connectivity index (χ4v) is 1.95. The lowest BCUT2D eigenvalue weighted by Crippen LogP contribution is -2.17. The number of nitro groups is 1. The monoisotopic (exact) mass is 192 g/mol. The van der Waals surface area contributed by atoms with E-state index in [0.717, 1.165) is 30.4 Å². The van der Waals surface area contributed by atoms with Crippen LogP contribution in [0.1, 0.15) is 30.0 Å². The molecule has 0 radical (unpaired) electrons. The summed E-state index contributed by atoms with van der Waals surface area (Å²) in [6.45, 7) is 0. The lowest BCUT2D eigenvalue weighted by molar-refractivity contribution is -0.384. The Balaban J connectivity index is 2.44. The van der Waals surface area contributed by atoms with Crippen LogP contribution in [0.25, 0.3) is 0 Å². The van der Waals surface area contributed by atoms with Crippen molar-refractivity contribution in [1.82, 2.24) is 0 Å². The van der Waals surface area contributed by atoms with Gasteiger partial charge in [-0.3, -0.25) is 10.1 Å². The van der Waals surface area contributed by atoms with E-state index in [2.05, 4.69) is 0 Å². The van der Waals surface area contributed by atoms with Crippen molar-refractivity contribution in [2.24, 2.45) is 5.73 Å². The number of fused-ring (bicyclic) bond motifs is 1. The summed E-state index contributed by atoms with van der Waals surface area (Å²) in [6.07, 6.45) is 2.91. The number of hydrogen-bond acceptors (Lipinski definition) is 3. The average Bonchev–Trinajstić information content (AvgIpc) is 2.17. The summed E-state index contributed by atoms with van der Waals surface area (Å²) in [7, 11) is 0. The maximum Gasteiger partial charge on any atom is 0.269 e. The summed E-state index contributed by atoms with van der Waals surface area (Å²) < 4.78 is 0. The van der Waals surface area contributed by atoms with Crippen LogP contribution in [0.15, 0.2) is 18.2 Å². The number of rotatable bonds is 1. The predicted octanol–water partition coefficient (Wildman–Crippen LogP) is 1.93. The highest BCUT2D eigenvalue weighted by Gasteiger charge is 2.19. The lowest BCUT2D eigenvalue weighted by atomic mass is 9.88. The molecule has 0 fully saturated rings. The maximum atomic E-state index is 10.5. The minimum absolute atomic E-state index is 0.0551. The lowest BCUT2D eigenvalue weighted by Gasteiger charge is -2.21. The van der Waals surface area contributed by atoms with Gasteiger partial charge < -0.3 is 5.73 Å². The smallest absolute Gasteiger partial charge is 0.269 e. The highest BCUT2D eigenvalue weighted by molar-refractivity contribution is 5.42. The van der Waals surface area contributed by atoms with Crippen molar-refractivity contribution in [2.75, 3.05) is 0 Å². The zero-order chi connectivity index (χ0) is 10.1. The van der Waals surface area contributed by atoms with E-state index in [1.165, 1.54) is 6.07 Å². The summed E-state index contributed by atoms with van der Waals surface area (Å²) in [5, 5.41) is 10.5. The van der Waals surface area contributed by atoms with Gasteiger partial charge in [0.25, 0.3) is 5.69 Å². The van der Waals surface area contributed by atoms with Crippen LogP contribution >= 0.6 is 0 Å². The first kappa shape index (κ1) is 9.15. The van der Waals surface area contributed by atoms with Crippen LogP contribution in [0.4, 0.5) is 5.69 Å². The van der Waals surface area contributed by atoms with Gasteiger partial charge in [0.15, 0.2) is 0 Å². The Morgan fingerprint density at radius 2 is 2.29 bits per heavy atom. The second-order valence-corrected chi connectivity index (χ2v) is 3.64. The third-order valence-corrected chi connectivity index (χ3v) is 2.70. The van der Waals surface area contributed by atoms with Crippen LogP contribution in [0.3, 0.4) is 0 Å². The molecule has 0 amide bonds. The fourth-order valence-electron chi connectivity index (χ4n) is 1.95. The second kappa shape index (κ2) is 3.38. The van der Waals surface area contributed by atoms with E-state index in [1.54, 1.807) is 12.1 Å². The van der Waals surface area contributed by atoms with Gasteiger partial charge in [-0.2, -0.15) is 0 Å². The number of nitrogens with zero attached hydrogens (tertiary/aromatic N) is 1. The predicted molar refractivity (Wildman–Crippen MR) is 53.0 cm³/mol. The molecule has 1 aromatic rings. The van der Waals surface area contributed by atoms with Gasteiger partial charge in [-0.15, -0.1) is 0 Å². The number of benzene rings is 1. The van der Waals surface area contributed by atoms with Crippen LogP contribution in [0, 0.1) is 10.1 Å². The Bertz CT molecular complexity index is 376. The second-order valence-electron chi connectivity index (χ2n) is 3.64. The Hall–Kier alpha value is -1.42. The molecule has 1 aromatic carbocycles. The molecule has 1 atom stereocenters. The van der Waals surface area contributed by atoms with Gasteiger partial charge in [0.1, 0.15) is 0 Å². The van der Waals surface area contributed by atoms with E-state index in [1.807, 2.05) is 0 Å². The summed E-state index contributed by atoms with van der Waals surface area (Å²) in [5.41, 5.74) is 8.18. The Morgan fingerprint density at radius 3 is 3.00 bits per heavy atom. The molecule has 4 heteroatoms. The third-order valence-electron chi connectivity index (χ3n) is 2.70. The van der Waals surface area contributed by atoms with Crippen LogP contribution in [-0.4, -0.2) is 4.92 Å². The Morgan fingerprint density at radius 1 is 1.50 bits per heavy atom. The molecule has 0 aliphatic heterocycles. The van der Waals surface area contributed by atoms with Crippen molar-refractivity contribution in [2.45, 2.75) is 25.3 Å². The molecule has 0 aromatic heterocycles. The third kappa shape index (κ3) is 1.48. The Kier molecular flexibility index (Phi) is 2.21. The molecule has 2 rings (SSSR count). The number of hydrogen-bond donors (Lipinski definition) is 1. The van der Waals surface area contributed by atoms with Crippen LogP contribution in [0.5, 0.6) is 0 Å². The Labute approximate surface area is 81.9 Å². The first-order valence-corrected chi connectivity index (χ1v) is 4.71. The minimum Gasteiger partial charge on any atom is -0.324 e. The molecule has 0 unspecified atom stereocenters. The SMILES string of the molecule is N[C@@H]1CCCc2cc([N+](=O)[O-])ccc21. The molecule has 0 saturated carbocycles. The van der Waals surface area contributed by atoms with Crippen molar-refractivity contribution < 1.29 is 4.92 Å². The van der Waals surface area contributed by atoms with Crippen LogP contribution < -0.4 is 5.73 Å². The highest BCUT2D eigenvalue weighted by Crippen LogP contribution is 2.30. The van der Waals surface area contributed by atoms with Gasteiger partial charge in [-0.1, -0.05) is 6.07 Å². The quantitative estimate of drug-likeness (QED) is 0.546. The number of non-ortho nitro benzene ring substituents is 1. The van der Waals surface area contributed by atoms with Gasteiger partial charge >= 0.3 is 0 Å². The molecule has 0 spiro atoms. The molecular formula is C10H12N2O2. The van der Waals surface area contributed by atoms with Gasteiger partial charge in [-0.05, 0) is 30.4 Å². The molecule has 0 bridgehead atoms. The summed E-state index contributed by atoms with van der Waals surface area (Å²) in [4.78, 5) is 10.2. The van der Waals surface area contributed by atoms with E-state index in [0.29, 0.717) is 0 Å². The van der Waals surface area contributed by atoms with Gasteiger partial charge in [0.2, 0.25) is 0 Å². The molecule has 2 N–H and O–H groups in total. The number of nitrogens with two attached hydrogens (primary N) is 1. The van der Waals surface area contributed by atoms with Gasteiger partial charge in [0, 0.05) is 18.2 Å². The van der Waals surface area contributed by atoms with Crippen molar-refractivity contribution in [1.29, 1.82) is 0 Å². The standard InChI is InChI=1S/C10H12N2O2/c11-10-3-1-2-7-6-8(12(13)14)4-5-9(7)10/h4-6,10H,1-3,11H2/t10-/m1/s1. The summed E-state index contributed by atoms with van der Waals surface area (Å²) in [6, 6.07) is 5.02. The van der Waals surface area contributed by atoms with Crippen molar-refractivity contribution in [3.05, 3.63) is 39.4 Å². The maximum absolute atomic E-state index is 10.5. The van der Waals surface area contributed by atoms with E-state index in [4.69, 9.17) is 5.73 Å². The molecule has 0 saturated heterocycles. The fraction of sp³-hybridized carbons (Fsp3) is 0.400. The molecule has 1 aliphatic rings. The minimum atomic E-state index is -0.361. The summed E-state index contributed by atoms with van der Waals surface area (Å²) in [5.74, 6) is 0. The zero-order valence-corrected chi connectivity index (χ0v) is 7.77. The molecule has 4 nitrogen and oxygen atoms in total. The normalized spacial score (nSPS) is 20.2. The van der Waals surface area contributed by atoms with Crippen molar-refractivity contribution in [3.8, 4) is 0 Å². The highest BCUT2D eigenvalue weighted by atomic mass is 16.6. The van der Waals surface area contributed by atoms with E-state index in [-0.39, 0.29) is 16.7 Å². The van der Waals surface area contributed by atoms with Crippen LogP contribution in [0.2, 0.25) is 0 Å². The zero-order valence-electron chi connectivity index (χ0n) is 7.77. The number of aryl methyl sites for hydroxylation is 1. The van der Waals surface area contributed by atoms with Crippen molar-refractivity contribution >= 4 is 5.69 Å². The number of nitro benzene ring substituents is 1. The van der Waals surface area contributed by atoms with Gasteiger partial charge in [0.05, 0.1) is 4.92 Å².